The molecule has 2 aliphatic rings. The van der Waals surface area contributed by atoms with Gasteiger partial charge in [-0.1, -0.05) is 18.2 Å². The average molecular weight is 785 g/mol. The van der Waals surface area contributed by atoms with E-state index in [1.807, 2.05) is 30.3 Å². The number of halogens is 3. The zero-order valence-electron chi connectivity index (χ0n) is 25.4. The maximum Gasteiger partial charge on any atom is 0.499 e. The van der Waals surface area contributed by atoms with E-state index in [2.05, 4.69) is 46.7 Å². The van der Waals surface area contributed by atoms with Crippen molar-refractivity contribution in [3.8, 4) is 10.6 Å². The molecule has 256 valence electrons. The van der Waals surface area contributed by atoms with Gasteiger partial charge in [0.25, 0.3) is 0 Å². The van der Waals surface area contributed by atoms with Crippen molar-refractivity contribution >= 4 is 98.1 Å². The van der Waals surface area contributed by atoms with Crippen molar-refractivity contribution in [3.05, 3.63) is 75.0 Å². The number of hydrogen-bond donors (Lipinski definition) is 4. The molecule has 2 fully saturated rings. The maximum absolute atomic E-state index is 12.9. The Labute approximate surface area is 297 Å². The molecular formula is C30H24BBrF2N8O6S2. The molecule has 0 spiro atoms. The summed E-state index contributed by atoms with van der Waals surface area (Å²) in [4.78, 5) is 54.5. The van der Waals surface area contributed by atoms with E-state index < -0.39 is 37.2 Å². The monoisotopic (exact) mass is 784 g/mol. The summed E-state index contributed by atoms with van der Waals surface area (Å²) in [6, 6.07) is 17.5. The smallest absolute Gasteiger partial charge is 0.423 e. The first-order valence-electron chi connectivity index (χ1n) is 14.8. The largest absolute Gasteiger partial charge is 0.499 e. The number of anilines is 2. The molecule has 6 aromatic rings. The predicted octanol–water partition coefficient (Wildman–Crippen LogP) is 3.60. The fourth-order valence-corrected chi connectivity index (χ4v) is 6.42. The lowest BCUT2D eigenvalue weighted by molar-refractivity contribution is -0.118. The van der Waals surface area contributed by atoms with Gasteiger partial charge < -0.3 is 10.0 Å². The van der Waals surface area contributed by atoms with E-state index in [4.69, 9.17) is 10.0 Å². The van der Waals surface area contributed by atoms with Crippen molar-refractivity contribution in [1.29, 1.82) is 0 Å². The zero-order valence-corrected chi connectivity index (χ0v) is 28.6. The summed E-state index contributed by atoms with van der Waals surface area (Å²) < 4.78 is 29.9. The van der Waals surface area contributed by atoms with E-state index in [0.717, 1.165) is 32.8 Å². The predicted molar refractivity (Wildman–Crippen MR) is 185 cm³/mol. The molecule has 14 nitrogen and oxygen atoms in total. The number of hydrogen-bond acceptors (Lipinski definition) is 12. The van der Waals surface area contributed by atoms with Gasteiger partial charge in [-0.15, -0.1) is 32.9 Å². The molecule has 4 atom stereocenters. The van der Waals surface area contributed by atoms with Gasteiger partial charge in [0.15, 0.2) is 23.9 Å². The van der Waals surface area contributed by atoms with Gasteiger partial charge in [0, 0.05) is 4.78 Å². The second kappa shape index (κ2) is 15.0. The van der Waals surface area contributed by atoms with Crippen LogP contribution in [0.25, 0.3) is 21.9 Å². The van der Waals surface area contributed by atoms with Crippen LogP contribution in [0.15, 0.2) is 65.3 Å². The lowest BCUT2D eigenvalue weighted by Gasteiger charge is -2.00. The Kier molecular flexibility index (Phi) is 10.5. The Morgan fingerprint density at radius 1 is 0.800 bits per heavy atom. The molecule has 2 aliphatic carbocycles. The van der Waals surface area contributed by atoms with Gasteiger partial charge >= 0.3 is 7.12 Å². The van der Waals surface area contributed by atoms with Crippen LogP contribution in [0.4, 0.5) is 20.7 Å². The molecule has 4 N–H and O–H groups in total. The topological polar surface area (TPSA) is 193 Å². The molecule has 2 saturated carbocycles. The van der Waals surface area contributed by atoms with Crippen molar-refractivity contribution in [2.75, 3.05) is 10.6 Å². The first kappa shape index (κ1) is 35.1. The number of amides is 2. The molecule has 0 unspecified atom stereocenters. The van der Waals surface area contributed by atoms with Crippen LogP contribution in [0, 0.1) is 11.8 Å². The summed E-state index contributed by atoms with van der Waals surface area (Å²) in [5, 5.41) is 30.6. The van der Waals surface area contributed by atoms with E-state index in [0.29, 0.717) is 38.5 Å². The molecule has 0 aromatic carbocycles. The lowest BCUT2D eigenvalue weighted by atomic mass is 9.90. The van der Waals surface area contributed by atoms with E-state index in [1.165, 1.54) is 17.4 Å². The van der Waals surface area contributed by atoms with E-state index in [1.54, 1.807) is 33.3 Å². The summed E-state index contributed by atoms with van der Waals surface area (Å²) in [7, 11) is -1.46. The highest BCUT2D eigenvalue weighted by Gasteiger charge is 2.44. The number of carbonyl (C=O) groups is 4. The Hall–Kier alpha value is -4.76. The Bertz CT molecular complexity index is 2210. The Morgan fingerprint density at radius 2 is 1.32 bits per heavy atom. The van der Waals surface area contributed by atoms with Gasteiger partial charge in [-0.3, -0.25) is 29.8 Å². The fourth-order valence-electron chi connectivity index (χ4n) is 4.47. The van der Waals surface area contributed by atoms with Crippen molar-refractivity contribution in [3.63, 3.8) is 0 Å². The minimum Gasteiger partial charge on any atom is -0.423 e. The molecule has 6 heterocycles. The highest BCUT2D eigenvalue weighted by molar-refractivity contribution is 9.10. The number of thiophene rings is 2. The molecule has 0 bridgehead atoms. The summed E-state index contributed by atoms with van der Waals surface area (Å²) in [6.07, 6.45) is -0.0491. The van der Waals surface area contributed by atoms with E-state index in [9.17, 15) is 28.0 Å². The van der Waals surface area contributed by atoms with Gasteiger partial charge in [-0.05, 0) is 71.2 Å². The third kappa shape index (κ3) is 8.16. The lowest BCUT2D eigenvalue weighted by Crippen LogP contribution is -2.26. The fraction of sp³-hybridized carbons (Fsp3) is 0.200. The number of aromatic nitrogens is 6. The van der Waals surface area contributed by atoms with Gasteiger partial charge in [0.1, 0.15) is 16.9 Å². The van der Waals surface area contributed by atoms with Crippen LogP contribution in [0.3, 0.4) is 0 Å². The van der Waals surface area contributed by atoms with E-state index >= 15 is 0 Å². The molecule has 0 aliphatic heterocycles. The van der Waals surface area contributed by atoms with Crippen molar-refractivity contribution in [2.24, 2.45) is 11.8 Å². The second-order valence-corrected chi connectivity index (χ2v) is 14.0. The molecule has 6 aromatic heterocycles. The molecule has 0 radical (unpaired) electrons. The van der Waals surface area contributed by atoms with Crippen molar-refractivity contribution < 1.29 is 38.0 Å². The first-order valence-corrected chi connectivity index (χ1v) is 17.2. The Balaban J connectivity index is 0.000000141. The summed E-state index contributed by atoms with van der Waals surface area (Å²) in [5.74, 6) is -1.54. The van der Waals surface area contributed by atoms with Crippen LogP contribution < -0.4 is 15.4 Å². The molecule has 0 saturated heterocycles. The first-order chi connectivity index (χ1) is 24.0. The van der Waals surface area contributed by atoms with Gasteiger partial charge in [0.05, 0.1) is 32.2 Å². The van der Waals surface area contributed by atoms with Crippen LogP contribution in [0.5, 0.6) is 0 Å². The highest BCUT2D eigenvalue weighted by atomic mass is 79.9. The standard InChI is InChI=1S/C15H11FN4O2S.C10H8BrFN4O.C5H5BO3S/c16-10-6-9(10)14(22)18-15-17-13-3-1-2-11(20(13)19-15)12-5-4-8(7-21)23-12;11-7-2-1-3-8-13-10(15-16(7)8)14-9(17)5-4-6(5)12;7-3-4-1-2-5(10-4)6(8)9/h1-5,7,9-10H,6H2,(H,18,19,22);1-3,5-6H,4H2,(H,14,15,17);1-3,8-9H/t9-,10+;5-,6+;/m00./s1. The molecule has 2 amide bonds. The summed E-state index contributed by atoms with van der Waals surface area (Å²) in [5.41, 5.74) is 1.94. The summed E-state index contributed by atoms with van der Waals surface area (Å²) in [6.45, 7) is 0. The average Bonchev–Trinajstić information content (AvgIpc) is 3.63. The normalized spacial score (nSPS) is 18.7. The van der Waals surface area contributed by atoms with Crippen LogP contribution >= 0.6 is 38.6 Å². The third-order valence-electron chi connectivity index (χ3n) is 7.26. The number of aldehydes is 2. The summed E-state index contributed by atoms with van der Waals surface area (Å²) >= 11 is 5.73. The number of rotatable bonds is 8. The number of pyridine rings is 2. The van der Waals surface area contributed by atoms with Gasteiger partial charge in [-0.25, -0.2) is 17.8 Å². The number of fused-ring (bicyclic) bond motifs is 2. The zero-order chi connectivity index (χ0) is 35.5. The van der Waals surface area contributed by atoms with Crippen LogP contribution in [-0.2, 0) is 9.59 Å². The number of carbonyl (C=O) groups excluding carboxylic acids is 4. The van der Waals surface area contributed by atoms with Crippen molar-refractivity contribution in [1.82, 2.24) is 29.2 Å². The maximum atomic E-state index is 12.9. The van der Waals surface area contributed by atoms with Crippen LogP contribution in [-0.4, -0.2) is 83.1 Å². The molecule has 8 rings (SSSR count). The minimum atomic E-state index is -1.46. The van der Waals surface area contributed by atoms with Crippen molar-refractivity contribution in [2.45, 2.75) is 25.2 Å². The number of nitrogens with one attached hydrogen (secondary N) is 2. The van der Waals surface area contributed by atoms with Gasteiger partial charge in [-0.2, -0.15) is 9.97 Å². The van der Waals surface area contributed by atoms with E-state index in [-0.39, 0.29) is 24.2 Å². The molecular weight excluding hydrogens is 761 g/mol. The molecule has 50 heavy (non-hydrogen) atoms. The highest BCUT2D eigenvalue weighted by Crippen LogP contribution is 2.35. The van der Waals surface area contributed by atoms with Gasteiger partial charge in [0.2, 0.25) is 23.7 Å². The Morgan fingerprint density at radius 3 is 1.80 bits per heavy atom. The number of alkyl halides is 2. The van der Waals surface area contributed by atoms with Crippen LogP contribution in [0.2, 0.25) is 0 Å². The van der Waals surface area contributed by atoms with Crippen LogP contribution in [0.1, 0.15) is 32.2 Å². The minimum absolute atomic E-state index is 0.147. The third-order valence-corrected chi connectivity index (χ3v) is 9.94. The molecule has 20 heteroatoms. The number of nitrogens with zero attached hydrogens (tertiary/aromatic N) is 6. The SMILES string of the molecule is O=C(Nc1nc2cccc(Br)n2n1)[C@H]1C[C@H]1F.O=Cc1ccc(-c2cccc3nc(NC(=O)[C@H]4C[C@H]4F)nn23)s1.O=Cc1ccc(B(O)O)s1. The second-order valence-electron chi connectivity index (χ2n) is 10.9. The quantitative estimate of drug-likeness (QED) is 0.101.